The maximum absolute atomic E-state index is 11.9. The highest BCUT2D eigenvalue weighted by molar-refractivity contribution is 6.67. The molecule has 0 fully saturated rings. The van der Waals surface area contributed by atoms with Crippen molar-refractivity contribution in [2.75, 3.05) is 0 Å². The fourth-order valence-corrected chi connectivity index (χ4v) is 1.69. The minimum atomic E-state index is -0.733. The van der Waals surface area contributed by atoms with E-state index in [1.807, 2.05) is 0 Å². The van der Waals surface area contributed by atoms with E-state index in [0.29, 0.717) is 0 Å². The molecule has 0 heterocycles. The number of benzene rings is 2. The number of hydrogen-bond donors (Lipinski definition) is 0. The van der Waals surface area contributed by atoms with E-state index in [0.717, 1.165) is 6.07 Å². The lowest BCUT2D eigenvalue weighted by atomic mass is 10.2. The molecule has 2 aromatic carbocycles. The van der Waals surface area contributed by atoms with Gasteiger partial charge in [0.1, 0.15) is 5.75 Å². The maximum Gasteiger partial charge on any atom is 0.343 e. The molecule has 0 unspecified atom stereocenters. The molecule has 21 heavy (non-hydrogen) atoms. The molecule has 2 rings (SSSR count). The van der Waals surface area contributed by atoms with Gasteiger partial charge in [0.15, 0.2) is 0 Å². The van der Waals surface area contributed by atoms with Gasteiger partial charge in [-0.2, -0.15) is 0 Å². The highest BCUT2D eigenvalue weighted by Gasteiger charge is 2.13. The van der Waals surface area contributed by atoms with Crippen LogP contribution in [0.2, 0.25) is 0 Å². The number of rotatable bonds is 4. The second-order valence-electron chi connectivity index (χ2n) is 4.00. The van der Waals surface area contributed by atoms with E-state index in [9.17, 15) is 19.7 Å². The fraction of sp³-hybridized carbons (Fsp3) is 0. The van der Waals surface area contributed by atoms with Crippen molar-refractivity contribution in [1.29, 1.82) is 0 Å². The van der Waals surface area contributed by atoms with Crippen LogP contribution in [-0.2, 0) is 0 Å². The molecule has 0 aliphatic carbocycles. The number of nitro groups is 1. The number of non-ortho nitro benzene ring substituents is 1. The lowest BCUT2D eigenvalue weighted by Gasteiger charge is -2.04. The van der Waals surface area contributed by atoms with Gasteiger partial charge in [-0.25, -0.2) is 4.79 Å². The van der Waals surface area contributed by atoms with Crippen LogP contribution < -0.4 is 4.74 Å². The van der Waals surface area contributed by atoms with Crippen molar-refractivity contribution in [2.24, 2.45) is 0 Å². The number of esters is 1. The van der Waals surface area contributed by atoms with Gasteiger partial charge in [0.05, 0.1) is 10.5 Å². The zero-order chi connectivity index (χ0) is 15.4. The Balaban J connectivity index is 2.16. The van der Waals surface area contributed by atoms with Gasteiger partial charge in [-0.15, -0.1) is 0 Å². The highest BCUT2D eigenvalue weighted by Crippen LogP contribution is 2.18. The first-order valence-corrected chi connectivity index (χ1v) is 6.11. The molecule has 7 heteroatoms. The minimum Gasteiger partial charge on any atom is -0.423 e. The number of carbonyl (C=O) groups excluding carboxylic acids is 2. The van der Waals surface area contributed by atoms with E-state index in [4.69, 9.17) is 16.3 Å². The molecule has 0 aromatic heterocycles. The van der Waals surface area contributed by atoms with E-state index >= 15 is 0 Å². The SMILES string of the molecule is O=C(Cl)c1ccc(OC(=O)c2cccc([N+](=O)[O-])c2)cc1. The van der Waals surface area contributed by atoms with E-state index in [1.54, 1.807) is 0 Å². The van der Waals surface area contributed by atoms with Gasteiger partial charge < -0.3 is 4.74 Å². The third-order valence-electron chi connectivity index (χ3n) is 2.58. The van der Waals surface area contributed by atoms with Crippen molar-refractivity contribution in [3.05, 3.63) is 69.8 Å². The number of nitrogens with zero attached hydrogens (tertiary/aromatic N) is 1. The molecule has 0 saturated heterocycles. The van der Waals surface area contributed by atoms with Crippen LogP contribution in [0.25, 0.3) is 0 Å². The molecule has 0 N–H and O–H groups in total. The maximum atomic E-state index is 11.9. The first-order chi connectivity index (χ1) is 9.97. The summed E-state index contributed by atoms with van der Waals surface area (Å²) in [6.07, 6.45) is 0. The molecule has 0 bridgehead atoms. The Bertz CT molecular complexity index is 712. The number of carbonyl (C=O) groups is 2. The Kier molecular flexibility index (Phi) is 4.30. The Morgan fingerprint density at radius 2 is 1.71 bits per heavy atom. The smallest absolute Gasteiger partial charge is 0.343 e. The van der Waals surface area contributed by atoms with Crippen molar-refractivity contribution >= 4 is 28.5 Å². The van der Waals surface area contributed by atoms with Crippen molar-refractivity contribution < 1.29 is 19.2 Å². The van der Waals surface area contributed by atoms with Gasteiger partial charge in [-0.05, 0) is 41.9 Å². The number of nitro benzene ring substituents is 1. The van der Waals surface area contributed by atoms with Crippen LogP contribution in [0.3, 0.4) is 0 Å². The van der Waals surface area contributed by atoms with Gasteiger partial charge in [0, 0.05) is 17.7 Å². The van der Waals surface area contributed by atoms with Gasteiger partial charge in [-0.1, -0.05) is 6.07 Å². The van der Waals surface area contributed by atoms with Crippen LogP contribution in [0, 0.1) is 10.1 Å². The molecule has 106 valence electrons. The largest absolute Gasteiger partial charge is 0.423 e. The van der Waals surface area contributed by atoms with Crippen molar-refractivity contribution in [3.63, 3.8) is 0 Å². The number of ether oxygens (including phenoxy) is 1. The summed E-state index contributed by atoms with van der Waals surface area (Å²) >= 11 is 5.29. The Labute approximate surface area is 124 Å². The number of halogens is 1. The molecule has 0 spiro atoms. The molecule has 6 nitrogen and oxygen atoms in total. The zero-order valence-electron chi connectivity index (χ0n) is 10.5. The normalized spacial score (nSPS) is 9.95. The molecule has 0 radical (unpaired) electrons. The fourth-order valence-electron chi connectivity index (χ4n) is 1.57. The van der Waals surface area contributed by atoms with Crippen LogP contribution in [0.4, 0.5) is 5.69 Å². The summed E-state index contributed by atoms with van der Waals surface area (Å²) in [6.45, 7) is 0. The molecule has 0 amide bonds. The predicted octanol–water partition coefficient (Wildman–Crippen LogP) is 3.19. The summed E-state index contributed by atoms with van der Waals surface area (Å²) in [5.41, 5.74) is 0.126. The third kappa shape index (κ3) is 3.64. The topological polar surface area (TPSA) is 86.5 Å². The lowest BCUT2D eigenvalue weighted by molar-refractivity contribution is -0.384. The second kappa shape index (κ2) is 6.15. The van der Waals surface area contributed by atoms with E-state index < -0.39 is 16.1 Å². The summed E-state index contributed by atoms with van der Waals surface area (Å²) in [5.74, 6) is -0.531. The quantitative estimate of drug-likeness (QED) is 0.285. The van der Waals surface area contributed by atoms with E-state index in [2.05, 4.69) is 0 Å². The first-order valence-electron chi connectivity index (χ1n) is 5.74. The molecule has 0 aliphatic rings. The van der Waals surface area contributed by atoms with Gasteiger partial charge in [0.2, 0.25) is 0 Å². The van der Waals surface area contributed by atoms with Crippen molar-refractivity contribution in [1.82, 2.24) is 0 Å². The second-order valence-corrected chi connectivity index (χ2v) is 4.34. The Hall–Kier alpha value is -2.73. The molecule has 2 aromatic rings. The minimum absolute atomic E-state index is 0.0571. The van der Waals surface area contributed by atoms with Crippen LogP contribution in [0.5, 0.6) is 5.75 Å². The number of hydrogen-bond acceptors (Lipinski definition) is 5. The van der Waals surface area contributed by atoms with Crippen molar-refractivity contribution in [3.8, 4) is 5.75 Å². The van der Waals surface area contributed by atoms with E-state index in [1.165, 1.54) is 42.5 Å². The Morgan fingerprint density at radius 3 is 2.29 bits per heavy atom. The average Bonchev–Trinajstić information content (AvgIpc) is 2.48. The molecular weight excluding hydrogens is 298 g/mol. The predicted molar refractivity (Wildman–Crippen MR) is 74.7 cm³/mol. The summed E-state index contributed by atoms with van der Waals surface area (Å²) in [6, 6.07) is 10.8. The van der Waals surface area contributed by atoms with E-state index in [-0.39, 0.29) is 22.6 Å². The summed E-state index contributed by atoms with van der Waals surface area (Å²) in [5, 5.41) is 10.0. The molecule has 0 saturated carbocycles. The van der Waals surface area contributed by atoms with Crippen molar-refractivity contribution in [2.45, 2.75) is 0 Å². The van der Waals surface area contributed by atoms with Gasteiger partial charge in [0.25, 0.3) is 10.9 Å². The first kappa shape index (κ1) is 14.7. The standard InChI is InChI=1S/C14H8ClNO5/c15-13(17)9-4-6-12(7-5-9)21-14(18)10-2-1-3-11(8-10)16(19)20/h1-8H. The third-order valence-corrected chi connectivity index (χ3v) is 2.80. The summed E-state index contributed by atoms with van der Waals surface area (Å²) in [4.78, 5) is 32.8. The highest BCUT2D eigenvalue weighted by atomic mass is 35.5. The monoisotopic (exact) mass is 305 g/mol. The molecular formula is C14H8ClNO5. The van der Waals surface area contributed by atoms with Crippen LogP contribution in [0.1, 0.15) is 20.7 Å². The molecule has 0 atom stereocenters. The molecule has 0 aliphatic heterocycles. The van der Waals surface area contributed by atoms with Gasteiger partial charge >= 0.3 is 5.97 Å². The summed E-state index contributed by atoms with van der Waals surface area (Å²) in [7, 11) is 0. The zero-order valence-corrected chi connectivity index (χ0v) is 11.2. The Morgan fingerprint density at radius 1 is 1.05 bits per heavy atom. The van der Waals surface area contributed by atoms with Crippen LogP contribution >= 0.6 is 11.6 Å². The van der Waals surface area contributed by atoms with Crippen LogP contribution in [0.15, 0.2) is 48.5 Å². The average molecular weight is 306 g/mol. The van der Waals surface area contributed by atoms with Crippen LogP contribution in [-0.4, -0.2) is 16.1 Å². The lowest BCUT2D eigenvalue weighted by Crippen LogP contribution is -2.08. The summed E-state index contributed by atoms with van der Waals surface area (Å²) < 4.78 is 5.05. The van der Waals surface area contributed by atoms with Gasteiger partial charge in [-0.3, -0.25) is 14.9 Å².